The van der Waals surface area contributed by atoms with Crippen LogP contribution in [0.25, 0.3) is 5.13 Å². The standard InChI is InChI=1S/C17H17ClN4O2S/c1-9-8-25-17(19-9)22-16(24)12(11(3)21-22)7-15(23)20-14-6-4-5-13(18)10(14)2/h4-6,8,21H,7H2,1-3H3,(H,20,23). The maximum absolute atomic E-state index is 12.6. The van der Waals surface area contributed by atoms with E-state index in [0.717, 1.165) is 11.3 Å². The Morgan fingerprint density at radius 2 is 2.12 bits per heavy atom. The molecule has 0 spiro atoms. The predicted molar refractivity (Wildman–Crippen MR) is 100 cm³/mol. The summed E-state index contributed by atoms with van der Waals surface area (Å²) in [6, 6.07) is 5.31. The number of H-pyrrole nitrogens is 1. The highest BCUT2D eigenvalue weighted by Crippen LogP contribution is 2.23. The summed E-state index contributed by atoms with van der Waals surface area (Å²) >= 11 is 7.43. The lowest BCUT2D eigenvalue weighted by Gasteiger charge is -2.09. The summed E-state index contributed by atoms with van der Waals surface area (Å²) in [5.74, 6) is -0.271. The molecule has 3 rings (SSSR count). The van der Waals surface area contributed by atoms with Gasteiger partial charge in [0.1, 0.15) is 0 Å². The van der Waals surface area contributed by atoms with Crippen molar-refractivity contribution in [2.45, 2.75) is 27.2 Å². The third-order valence-electron chi connectivity index (χ3n) is 3.87. The van der Waals surface area contributed by atoms with E-state index in [1.807, 2.05) is 19.2 Å². The molecule has 0 saturated carbocycles. The summed E-state index contributed by atoms with van der Waals surface area (Å²) in [4.78, 5) is 29.3. The number of nitrogens with zero attached hydrogens (tertiary/aromatic N) is 2. The van der Waals surface area contributed by atoms with Crippen LogP contribution in [0, 0.1) is 20.8 Å². The zero-order valence-electron chi connectivity index (χ0n) is 14.0. The van der Waals surface area contributed by atoms with Crippen LogP contribution in [0.4, 0.5) is 5.69 Å². The third kappa shape index (κ3) is 3.52. The van der Waals surface area contributed by atoms with Crippen molar-refractivity contribution in [3.63, 3.8) is 0 Å². The van der Waals surface area contributed by atoms with Gasteiger partial charge in [-0.2, -0.15) is 4.68 Å². The van der Waals surface area contributed by atoms with Gasteiger partial charge in [-0.05, 0) is 38.5 Å². The number of thiazole rings is 1. The molecule has 0 aliphatic heterocycles. The van der Waals surface area contributed by atoms with Crippen molar-refractivity contribution in [1.82, 2.24) is 14.8 Å². The van der Waals surface area contributed by atoms with Crippen molar-refractivity contribution in [3.05, 3.63) is 61.5 Å². The summed E-state index contributed by atoms with van der Waals surface area (Å²) in [6.45, 7) is 5.46. The van der Waals surface area contributed by atoms with Gasteiger partial charge in [-0.3, -0.25) is 14.7 Å². The quantitative estimate of drug-likeness (QED) is 0.732. The number of amides is 1. The van der Waals surface area contributed by atoms with Gasteiger partial charge in [0.15, 0.2) is 0 Å². The Bertz CT molecular complexity index is 1000. The molecule has 2 heterocycles. The number of rotatable bonds is 4. The first kappa shape index (κ1) is 17.4. The van der Waals surface area contributed by atoms with Crippen LogP contribution in [0.5, 0.6) is 0 Å². The lowest BCUT2D eigenvalue weighted by Crippen LogP contribution is -2.22. The number of aryl methyl sites for hydroxylation is 2. The van der Waals surface area contributed by atoms with Gasteiger partial charge in [0.05, 0.1) is 12.1 Å². The van der Waals surface area contributed by atoms with Crippen LogP contribution in [0.2, 0.25) is 5.02 Å². The molecule has 0 bridgehead atoms. The molecule has 130 valence electrons. The van der Waals surface area contributed by atoms with Gasteiger partial charge < -0.3 is 5.32 Å². The van der Waals surface area contributed by atoms with Crippen LogP contribution in [0.3, 0.4) is 0 Å². The summed E-state index contributed by atoms with van der Waals surface area (Å²) in [5.41, 5.74) is 3.08. The Kier molecular flexibility index (Phi) is 4.78. The second-order valence-corrected chi connectivity index (χ2v) is 7.01. The molecule has 0 atom stereocenters. The topological polar surface area (TPSA) is 79.8 Å². The fraction of sp³-hybridized carbons (Fsp3) is 0.235. The summed E-state index contributed by atoms with van der Waals surface area (Å²) < 4.78 is 1.38. The van der Waals surface area contributed by atoms with Crippen LogP contribution in [0.1, 0.15) is 22.5 Å². The van der Waals surface area contributed by atoms with E-state index in [9.17, 15) is 9.59 Å². The van der Waals surface area contributed by atoms with Crippen LogP contribution in [-0.4, -0.2) is 20.7 Å². The van der Waals surface area contributed by atoms with Crippen molar-refractivity contribution in [1.29, 1.82) is 0 Å². The predicted octanol–water partition coefficient (Wildman–Crippen LogP) is 3.38. The SMILES string of the molecule is Cc1csc(-n2[nH]c(C)c(CC(=O)Nc3cccc(Cl)c3C)c2=O)n1. The molecule has 0 saturated heterocycles. The molecule has 0 aliphatic rings. The fourth-order valence-corrected chi connectivity index (χ4v) is 3.40. The molecular formula is C17H17ClN4O2S. The van der Waals surface area contributed by atoms with E-state index < -0.39 is 0 Å². The largest absolute Gasteiger partial charge is 0.326 e. The average Bonchev–Trinajstić information content (AvgIpc) is 3.10. The third-order valence-corrected chi connectivity index (χ3v) is 5.22. The van der Waals surface area contributed by atoms with E-state index in [1.165, 1.54) is 16.0 Å². The van der Waals surface area contributed by atoms with Crippen LogP contribution in [0.15, 0.2) is 28.4 Å². The number of hydrogen-bond donors (Lipinski definition) is 2. The van der Waals surface area contributed by atoms with Gasteiger partial charge >= 0.3 is 0 Å². The lowest BCUT2D eigenvalue weighted by atomic mass is 10.1. The molecule has 0 aliphatic carbocycles. The Labute approximate surface area is 153 Å². The molecule has 3 aromatic rings. The first-order chi connectivity index (χ1) is 11.9. The zero-order chi connectivity index (χ0) is 18.1. The Hall–Kier alpha value is -2.38. The van der Waals surface area contributed by atoms with Gasteiger partial charge in [0, 0.05) is 27.3 Å². The first-order valence-corrected chi connectivity index (χ1v) is 8.90. The normalized spacial score (nSPS) is 10.9. The molecular weight excluding hydrogens is 360 g/mol. The highest BCUT2D eigenvalue weighted by Gasteiger charge is 2.17. The highest BCUT2D eigenvalue weighted by molar-refractivity contribution is 7.12. The number of nitrogens with one attached hydrogen (secondary N) is 2. The number of benzene rings is 1. The Morgan fingerprint density at radius 1 is 1.36 bits per heavy atom. The van der Waals surface area contributed by atoms with Crippen molar-refractivity contribution in [2.24, 2.45) is 0 Å². The molecule has 2 N–H and O–H groups in total. The van der Waals surface area contributed by atoms with Gasteiger partial charge in [-0.1, -0.05) is 17.7 Å². The number of hydrogen-bond acceptors (Lipinski definition) is 4. The van der Waals surface area contributed by atoms with Gasteiger partial charge in [0.2, 0.25) is 11.0 Å². The summed E-state index contributed by atoms with van der Waals surface area (Å²) in [7, 11) is 0. The summed E-state index contributed by atoms with van der Waals surface area (Å²) in [5, 5.41) is 8.80. The van der Waals surface area contributed by atoms with Crippen molar-refractivity contribution >= 4 is 34.5 Å². The van der Waals surface area contributed by atoms with Gasteiger partial charge in [-0.15, -0.1) is 11.3 Å². The van der Waals surface area contributed by atoms with E-state index in [1.54, 1.807) is 25.1 Å². The maximum atomic E-state index is 12.6. The average molecular weight is 377 g/mol. The molecule has 0 unspecified atom stereocenters. The van der Waals surface area contributed by atoms with Crippen LogP contribution in [-0.2, 0) is 11.2 Å². The Balaban J connectivity index is 1.83. The second kappa shape index (κ2) is 6.85. The van der Waals surface area contributed by atoms with E-state index in [0.29, 0.717) is 27.1 Å². The minimum absolute atomic E-state index is 0.0233. The molecule has 8 heteroatoms. The number of anilines is 1. The van der Waals surface area contributed by atoms with E-state index in [4.69, 9.17) is 11.6 Å². The van der Waals surface area contributed by atoms with E-state index in [-0.39, 0.29) is 17.9 Å². The number of aromatic amines is 1. The van der Waals surface area contributed by atoms with Gasteiger partial charge in [-0.25, -0.2) is 4.98 Å². The molecule has 6 nitrogen and oxygen atoms in total. The minimum Gasteiger partial charge on any atom is -0.326 e. The van der Waals surface area contributed by atoms with Crippen LogP contribution >= 0.6 is 22.9 Å². The number of carbonyl (C=O) groups is 1. The molecule has 0 fully saturated rings. The van der Waals surface area contributed by atoms with Crippen LogP contribution < -0.4 is 10.9 Å². The molecule has 25 heavy (non-hydrogen) atoms. The first-order valence-electron chi connectivity index (χ1n) is 7.64. The number of halogens is 1. The lowest BCUT2D eigenvalue weighted by molar-refractivity contribution is -0.115. The molecule has 1 aromatic carbocycles. The zero-order valence-corrected chi connectivity index (χ0v) is 15.6. The van der Waals surface area contributed by atoms with Gasteiger partial charge in [0.25, 0.3) is 5.56 Å². The van der Waals surface area contributed by atoms with E-state index in [2.05, 4.69) is 15.4 Å². The van der Waals surface area contributed by atoms with Crippen molar-refractivity contribution in [3.8, 4) is 5.13 Å². The maximum Gasteiger partial charge on any atom is 0.277 e. The number of carbonyl (C=O) groups excluding carboxylic acids is 1. The second-order valence-electron chi connectivity index (χ2n) is 5.76. The summed E-state index contributed by atoms with van der Waals surface area (Å²) in [6.07, 6.45) is -0.0233. The van der Waals surface area contributed by atoms with E-state index >= 15 is 0 Å². The highest BCUT2D eigenvalue weighted by atomic mass is 35.5. The van der Waals surface area contributed by atoms with Crippen molar-refractivity contribution < 1.29 is 4.79 Å². The fourth-order valence-electron chi connectivity index (χ4n) is 2.47. The van der Waals surface area contributed by atoms with Crippen molar-refractivity contribution in [2.75, 3.05) is 5.32 Å². The smallest absolute Gasteiger partial charge is 0.277 e. The monoisotopic (exact) mass is 376 g/mol. The molecule has 0 radical (unpaired) electrons. The Morgan fingerprint density at radius 3 is 2.80 bits per heavy atom. The molecule has 2 aromatic heterocycles. The minimum atomic E-state index is -0.271. The number of aromatic nitrogens is 3. The molecule has 1 amide bonds.